The average molecular weight is 222 g/mol. The van der Waals surface area contributed by atoms with Crippen molar-refractivity contribution in [2.24, 2.45) is 5.92 Å². The highest BCUT2D eigenvalue weighted by Crippen LogP contribution is 2.31. The highest BCUT2D eigenvalue weighted by Gasteiger charge is 2.25. The van der Waals surface area contributed by atoms with Crippen LogP contribution in [0.2, 0.25) is 0 Å². The zero-order valence-electron chi connectivity index (χ0n) is 10.1. The minimum Gasteiger partial charge on any atom is -0.246 e. The third-order valence-corrected chi connectivity index (χ3v) is 3.77. The highest BCUT2D eigenvalue weighted by atomic mass is 32.1. The minimum absolute atomic E-state index is 0.406. The third-order valence-electron chi connectivity index (χ3n) is 2.27. The zero-order valence-corrected chi connectivity index (χ0v) is 10.9. The summed E-state index contributed by atoms with van der Waals surface area (Å²) in [6.07, 6.45) is 1.01. The molecule has 0 aliphatic rings. The SMILES string of the molecule is Cc1nc(CC(C)C)sc1C(C)(C)C#N. The monoisotopic (exact) mass is 222 g/mol. The standard InChI is InChI=1S/C12H18N2S/c1-8(2)6-10-14-9(3)11(15-10)12(4,5)7-13/h8H,6H2,1-5H3. The van der Waals surface area contributed by atoms with Crippen LogP contribution in [0.4, 0.5) is 0 Å². The van der Waals surface area contributed by atoms with E-state index in [1.165, 1.54) is 0 Å². The average Bonchev–Trinajstić information content (AvgIpc) is 2.46. The fourth-order valence-electron chi connectivity index (χ4n) is 1.52. The molecule has 1 heterocycles. The molecule has 0 fully saturated rings. The minimum atomic E-state index is -0.406. The molecule has 1 rings (SSSR count). The van der Waals surface area contributed by atoms with E-state index in [2.05, 4.69) is 24.9 Å². The van der Waals surface area contributed by atoms with E-state index in [4.69, 9.17) is 5.26 Å². The number of hydrogen-bond acceptors (Lipinski definition) is 3. The van der Waals surface area contributed by atoms with E-state index in [9.17, 15) is 0 Å². The van der Waals surface area contributed by atoms with Gasteiger partial charge in [0, 0.05) is 11.3 Å². The summed E-state index contributed by atoms with van der Waals surface area (Å²) in [7, 11) is 0. The number of aryl methyl sites for hydroxylation is 1. The van der Waals surface area contributed by atoms with Gasteiger partial charge in [-0.05, 0) is 26.7 Å². The van der Waals surface area contributed by atoms with Crippen LogP contribution in [0.5, 0.6) is 0 Å². The van der Waals surface area contributed by atoms with Crippen molar-refractivity contribution in [3.63, 3.8) is 0 Å². The molecular weight excluding hydrogens is 204 g/mol. The number of aromatic nitrogens is 1. The molecule has 3 heteroatoms. The zero-order chi connectivity index (χ0) is 11.6. The largest absolute Gasteiger partial charge is 0.246 e. The molecule has 0 unspecified atom stereocenters. The molecule has 0 atom stereocenters. The first-order valence-corrected chi connectivity index (χ1v) is 6.06. The molecule has 0 aliphatic carbocycles. The number of rotatable bonds is 3. The first kappa shape index (κ1) is 12.2. The van der Waals surface area contributed by atoms with Gasteiger partial charge in [-0.25, -0.2) is 4.98 Å². The smallest absolute Gasteiger partial charge is 0.0934 e. The molecule has 0 spiro atoms. The van der Waals surface area contributed by atoms with E-state index >= 15 is 0 Å². The predicted molar refractivity (Wildman–Crippen MR) is 64.0 cm³/mol. The molecular formula is C12H18N2S. The summed E-state index contributed by atoms with van der Waals surface area (Å²) in [6, 6.07) is 2.34. The lowest BCUT2D eigenvalue weighted by Gasteiger charge is -2.12. The summed E-state index contributed by atoms with van der Waals surface area (Å²) >= 11 is 1.69. The van der Waals surface area contributed by atoms with E-state index in [0.29, 0.717) is 5.92 Å². The lowest BCUT2D eigenvalue weighted by Crippen LogP contribution is -2.13. The predicted octanol–water partition coefficient (Wildman–Crippen LogP) is 3.45. The number of thiazole rings is 1. The number of nitrogens with zero attached hydrogens (tertiary/aromatic N) is 2. The van der Waals surface area contributed by atoms with Crippen LogP contribution >= 0.6 is 11.3 Å². The Bertz CT molecular complexity index is 383. The van der Waals surface area contributed by atoms with Crippen molar-refractivity contribution >= 4 is 11.3 Å². The van der Waals surface area contributed by atoms with Gasteiger partial charge in [0.15, 0.2) is 0 Å². The summed E-state index contributed by atoms with van der Waals surface area (Å²) in [5.74, 6) is 0.619. The van der Waals surface area contributed by atoms with Crippen molar-refractivity contribution < 1.29 is 0 Å². The third kappa shape index (κ3) is 2.79. The van der Waals surface area contributed by atoms with E-state index < -0.39 is 5.41 Å². The van der Waals surface area contributed by atoms with Crippen LogP contribution in [-0.4, -0.2) is 4.98 Å². The van der Waals surface area contributed by atoms with Gasteiger partial charge in [-0.1, -0.05) is 13.8 Å². The van der Waals surface area contributed by atoms with Crippen molar-refractivity contribution in [3.8, 4) is 6.07 Å². The summed E-state index contributed by atoms with van der Waals surface area (Å²) in [4.78, 5) is 5.64. The summed E-state index contributed by atoms with van der Waals surface area (Å²) in [6.45, 7) is 10.3. The van der Waals surface area contributed by atoms with Crippen LogP contribution in [-0.2, 0) is 11.8 Å². The van der Waals surface area contributed by atoms with Crippen molar-refractivity contribution in [1.29, 1.82) is 5.26 Å². The van der Waals surface area contributed by atoms with E-state index in [1.807, 2.05) is 20.8 Å². The number of hydrogen-bond donors (Lipinski definition) is 0. The Kier molecular flexibility index (Phi) is 3.51. The summed E-state index contributed by atoms with van der Waals surface area (Å²) < 4.78 is 0. The van der Waals surface area contributed by atoms with Crippen LogP contribution in [0, 0.1) is 24.2 Å². The Morgan fingerprint density at radius 1 is 1.47 bits per heavy atom. The van der Waals surface area contributed by atoms with E-state index in [0.717, 1.165) is 22.0 Å². The molecule has 82 valence electrons. The molecule has 0 saturated heterocycles. The first-order valence-electron chi connectivity index (χ1n) is 5.25. The van der Waals surface area contributed by atoms with Gasteiger partial charge in [0.1, 0.15) is 0 Å². The highest BCUT2D eigenvalue weighted by molar-refractivity contribution is 7.12. The van der Waals surface area contributed by atoms with Gasteiger partial charge in [-0.2, -0.15) is 5.26 Å². The molecule has 0 aliphatic heterocycles. The second-order valence-corrected chi connectivity index (χ2v) is 5.94. The topological polar surface area (TPSA) is 36.7 Å². The van der Waals surface area contributed by atoms with Crippen LogP contribution in [0.25, 0.3) is 0 Å². The first-order chi connectivity index (χ1) is 6.86. The molecule has 0 saturated carbocycles. The molecule has 0 aromatic carbocycles. The molecule has 1 aromatic heterocycles. The van der Waals surface area contributed by atoms with E-state index in [-0.39, 0.29) is 0 Å². The summed E-state index contributed by atoms with van der Waals surface area (Å²) in [5.41, 5.74) is 0.610. The molecule has 2 nitrogen and oxygen atoms in total. The maximum absolute atomic E-state index is 9.09. The molecule has 1 aromatic rings. The fraction of sp³-hybridized carbons (Fsp3) is 0.667. The van der Waals surface area contributed by atoms with Gasteiger partial charge in [0.05, 0.1) is 22.2 Å². The van der Waals surface area contributed by atoms with Gasteiger partial charge in [-0.15, -0.1) is 11.3 Å². The van der Waals surface area contributed by atoms with Gasteiger partial charge >= 0.3 is 0 Å². The summed E-state index contributed by atoms with van der Waals surface area (Å²) in [5, 5.41) is 10.2. The van der Waals surface area contributed by atoms with Crippen LogP contribution in [0.15, 0.2) is 0 Å². The molecule has 15 heavy (non-hydrogen) atoms. The van der Waals surface area contributed by atoms with Gasteiger partial charge < -0.3 is 0 Å². The van der Waals surface area contributed by atoms with Crippen LogP contribution in [0.3, 0.4) is 0 Å². The van der Waals surface area contributed by atoms with Crippen molar-refractivity contribution in [1.82, 2.24) is 4.98 Å². The van der Waals surface area contributed by atoms with Gasteiger partial charge in [0.2, 0.25) is 0 Å². The van der Waals surface area contributed by atoms with Gasteiger partial charge in [0.25, 0.3) is 0 Å². The Morgan fingerprint density at radius 3 is 2.53 bits per heavy atom. The molecule has 0 bridgehead atoms. The maximum atomic E-state index is 9.09. The quantitative estimate of drug-likeness (QED) is 0.785. The Labute approximate surface area is 96.0 Å². The molecule has 0 radical (unpaired) electrons. The maximum Gasteiger partial charge on any atom is 0.0934 e. The second kappa shape index (κ2) is 4.32. The van der Waals surface area contributed by atoms with Crippen molar-refractivity contribution in [3.05, 3.63) is 15.6 Å². The molecule has 0 amide bonds. The Balaban J connectivity index is 3.03. The van der Waals surface area contributed by atoms with Gasteiger partial charge in [-0.3, -0.25) is 0 Å². The molecule has 0 N–H and O–H groups in total. The normalized spacial score (nSPS) is 11.8. The van der Waals surface area contributed by atoms with Crippen molar-refractivity contribution in [2.45, 2.75) is 46.5 Å². The van der Waals surface area contributed by atoms with Crippen LogP contribution in [0.1, 0.15) is 43.3 Å². The second-order valence-electron chi connectivity index (χ2n) is 4.86. The Morgan fingerprint density at radius 2 is 2.07 bits per heavy atom. The van der Waals surface area contributed by atoms with Crippen molar-refractivity contribution in [2.75, 3.05) is 0 Å². The fourth-order valence-corrected chi connectivity index (χ4v) is 2.85. The van der Waals surface area contributed by atoms with E-state index in [1.54, 1.807) is 11.3 Å². The lowest BCUT2D eigenvalue weighted by molar-refractivity contribution is 0.643. The number of nitriles is 1. The van der Waals surface area contributed by atoms with Crippen LogP contribution < -0.4 is 0 Å². The Hall–Kier alpha value is -0.880. The lowest BCUT2D eigenvalue weighted by atomic mass is 9.93.